The smallest absolute Gasteiger partial charge is 0.241 e. The zero-order valence-corrected chi connectivity index (χ0v) is 16.0. The van der Waals surface area contributed by atoms with Gasteiger partial charge in [0.1, 0.15) is 0 Å². The van der Waals surface area contributed by atoms with Crippen molar-refractivity contribution < 1.29 is 8.42 Å². The largest absolute Gasteiger partial charge is 0.377 e. The minimum Gasteiger partial charge on any atom is -0.377 e. The van der Waals surface area contributed by atoms with Crippen molar-refractivity contribution in [2.75, 3.05) is 32.1 Å². The molecule has 0 atom stereocenters. The van der Waals surface area contributed by atoms with E-state index in [9.17, 15) is 8.42 Å². The molecule has 0 fully saturated rings. The molecule has 5 nitrogen and oxygen atoms in total. The highest BCUT2D eigenvalue weighted by molar-refractivity contribution is 7.89. The molecule has 0 bridgehead atoms. The number of hydrogen-bond donors (Lipinski definition) is 2. The summed E-state index contributed by atoms with van der Waals surface area (Å²) in [5, 5.41) is 1.70. The average Bonchev–Trinajstić information content (AvgIpc) is 2.59. The van der Waals surface area contributed by atoms with Gasteiger partial charge in [0.2, 0.25) is 10.0 Å². The maximum Gasteiger partial charge on any atom is 0.241 e. The number of unbranched alkanes of at least 4 members (excludes halogenated alkanes) is 4. The zero-order valence-electron chi connectivity index (χ0n) is 15.2. The molecular formula is C19H29N3O2S. The van der Waals surface area contributed by atoms with Gasteiger partial charge >= 0.3 is 0 Å². The molecule has 6 heteroatoms. The summed E-state index contributed by atoms with van der Waals surface area (Å²) in [4.78, 5) is 2.34. The summed E-state index contributed by atoms with van der Waals surface area (Å²) >= 11 is 0. The van der Waals surface area contributed by atoms with Crippen molar-refractivity contribution in [1.29, 1.82) is 0 Å². The third-order valence-corrected chi connectivity index (χ3v) is 5.82. The van der Waals surface area contributed by atoms with Crippen LogP contribution in [0.4, 0.5) is 5.69 Å². The van der Waals surface area contributed by atoms with Crippen molar-refractivity contribution in [2.24, 2.45) is 5.73 Å². The second kappa shape index (κ2) is 9.17. The van der Waals surface area contributed by atoms with E-state index in [0.717, 1.165) is 55.1 Å². The summed E-state index contributed by atoms with van der Waals surface area (Å²) in [6.07, 6.45) is 5.11. The van der Waals surface area contributed by atoms with E-state index in [-0.39, 0.29) is 0 Å². The van der Waals surface area contributed by atoms with Crippen molar-refractivity contribution in [2.45, 2.75) is 37.0 Å². The second-order valence-electron chi connectivity index (χ2n) is 6.48. The van der Waals surface area contributed by atoms with Gasteiger partial charge in [-0.3, -0.25) is 0 Å². The fourth-order valence-corrected chi connectivity index (χ4v) is 4.27. The van der Waals surface area contributed by atoms with Crippen LogP contribution in [0.25, 0.3) is 10.8 Å². The van der Waals surface area contributed by atoms with Crippen molar-refractivity contribution >= 4 is 26.5 Å². The van der Waals surface area contributed by atoms with Gasteiger partial charge in [-0.15, -0.1) is 0 Å². The van der Waals surface area contributed by atoms with E-state index in [2.05, 4.69) is 4.72 Å². The molecule has 25 heavy (non-hydrogen) atoms. The summed E-state index contributed by atoms with van der Waals surface area (Å²) in [5.41, 5.74) is 6.48. The van der Waals surface area contributed by atoms with E-state index < -0.39 is 10.0 Å². The van der Waals surface area contributed by atoms with E-state index >= 15 is 0 Å². The fourth-order valence-electron chi connectivity index (χ4n) is 2.97. The Balaban J connectivity index is 2.10. The highest BCUT2D eigenvalue weighted by Gasteiger charge is 2.17. The number of benzene rings is 2. The molecule has 2 aromatic rings. The minimum atomic E-state index is -3.52. The number of nitrogens with two attached hydrogens (primary N) is 1. The van der Waals surface area contributed by atoms with Crippen LogP contribution in [0.5, 0.6) is 0 Å². The van der Waals surface area contributed by atoms with Gasteiger partial charge in [-0.05, 0) is 31.5 Å². The monoisotopic (exact) mass is 363 g/mol. The Bertz CT molecular complexity index is 788. The normalized spacial score (nSPS) is 11.8. The van der Waals surface area contributed by atoms with Crippen molar-refractivity contribution in [1.82, 2.24) is 4.72 Å². The Morgan fingerprint density at radius 2 is 1.56 bits per heavy atom. The molecule has 0 saturated carbocycles. The average molecular weight is 364 g/mol. The zero-order chi connectivity index (χ0) is 18.3. The Hall–Kier alpha value is -1.63. The molecule has 2 aromatic carbocycles. The Morgan fingerprint density at radius 1 is 0.920 bits per heavy atom. The summed E-state index contributed by atoms with van der Waals surface area (Å²) in [7, 11) is 0.399. The second-order valence-corrected chi connectivity index (χ2v) is 8.21. The molecule has 2 rings (SSSR count). The summed E-state index contributed by atoms with van der Waals surface area (Å²) in [6, 6.07) is 11.2. The molecule has 0 aromatic heterocycles. The van der Waals surface area contributed by atoms with Crippen LogP contribution in [-0.4, -0.2) is 35.6 Å². The summed E-state index contributed by atoms with van der Waals surface area (Å²) in [6.45, 7) is 1.19. The number of rotatable bonds is 10. The maximum absolute atomic E-state index is 12.7. The SMILES string of the molecule is CN(C)c1cccc2c(S(=O)(=O)NCCCCCCCN)cccc12. The molecule has 0 amide bonds. The van der Waals surface area contributed by atoms with Crippen molar-refractivity contribution in [3.8, 4) is 0 Å². The van der Waals surface area contributed by atoms with Crippen LogP contribution >= 0.6 is 0 Å². The fraction of sp³-hybridized carbons (Fsp3) is 0.474. The Labute approximate surface area is 151 Å². The molecule has 0 heterocycles. The molecule has 0 aliphatic heterocycles. The summed E-state index contributed by atoms with van der Waals surface area (Å²) in [5.74, 6) is 0. The van der Waals surface area contributed by atoms with Crippen LogP contribution in [-0.2, 0) is 10.0 Å². The van der Waals surface area contributed by atoms with Gasteiger partial charge in [-0.2, -0.15) is 0 Å². The third kappa shape index (κ3) is 5.17. The lowest BCUT2D eigenvalue weighted by atomic mass is 10.1. The van der Waals surface area contributed by atoms with Gasteiger partial charge in [0.05, 0.1) is 4.90 Å². The highest BCUT2D eigenvalue weighted by atomic mass is 32.2. The quantitative estimate of drug-likeness (QED) is 0.636. The first-order valence-corrected chi connectivity index (χ1v) is 10.3. The molecule has 0 saturated heterocycles. The third-order valence-electron chi connectivity index (χ3n) is 4.30. The predicted molar refractivity (Wildman–Crippen MR) is 106 cm³/mol. The van der Waals surface area contributed by atoms with E-state index in [4.69, 9.17) is 5.73 Å². The molecule has 138 valence electrons. The topological polar surface area (TPSA) is 75.4 Å². The van der Waals surface area contributed by atoms with Gasteiger partial charge < -0.3 is 10.6 Å². The van der Waals surface area contributed by atoms with E-state index in [1.807, 2.05) is 43.3 Å². The molecule has 3 N–H and O–H groups in total. The van der Waals surface area contributed by atoms with E-state index in [0.29, 0.717) is 11.4 Å². The first-order valence-electron chi connectivity index (χ1n) is 8.86. The van der Waals surface area contributed by atoms with Crippen LogP contribution < -0.4 is 15.4 Å². The molecule has 0 aliphatic rings. The van der Waals surface area contributed by atoms with Gasteiger partial charge in [-0.1, -0.05) is 43.5 Å². The number of nitrogens with one attached hydrogen (secondary N) is 1. The van der Waals surface area contributed by atoms with Gasteiger partial charge in [0.25, 0.3) is 0 Å². The minimum absolute atomic E-state index is 0.344. The Kier molecular flexibility index (Phi) is 7.23. The Morgan fingerprint density at radius 3 is 2.28 bits per heavy atom. The van der Waals surface area contributed by atoms with Crippen LogP contribution in [0.3, 0.4) is 0 Å². The lowest BCUT2D eigenvalue weighted by molar-refractivity contribution is 0.570. The standard InChI is InChI=1S/C19H29N3O2S/c1-22(2)18-12-8-11-17-16(18)10-9-13-19(17)25(23,24)21-15-7-5-3-4-6-14-20/h8-13,21H,3-7,14-15,20H2,1-2H3. The molecule has 0 unspecified atom stereocenters. The van der Waals surface area contributed by atoms with Crippen LogP contribution in [0, 0.1) is 0 Å². The highest BCUT2D eigenvalue weighted by Crippen LogP contribution is 2.30. The molecule has 0 spiro atoms. The molecule has 0 aliphatic carbocycles. The van der Waals surface area contributed by atoms with Crippen LogP contribution in [0.1, 0.15) is 32.1 Å². The number of fused-ring (bicyclic) bond motifs is 1. The van der Waals surface area contributed by atoms with Gasteiger partial charge in [0.15, 0.2) is 0 Å². The van der Waals surface area contributed by atoms with Gasteiger partial charge in [0, 0.05) is 37.1 Å². The number of sulfonamides is 1. The first-order chi connectivity index (χ1) is 12.0. The number of nitrogens with zero attached hydrogens (tertiary/aromatic N) is 1. The van der Waals surface area contributed by atoms with Crippen LogP contribution in [0.2, 0.25) is 0 Å². The van der Waals surface area contributed by atoms with Gasteiger partial charge in [-0.25, -0.2) is 13.1 Å². The number of hydrogen-bond acceptors (Lipinski definition) is 4. The maximum atomic E-state index is 12.7. The van der Waals surface area contributed by atoms with Crippen molar-refractivity contribution in [3.63, 3.8) is 0 Å². The first kappa shape index (κ1) is 19.7. The van der Waals surface area contributed by atoms with E-state index in [1.54, 1.807) is 12.1 Å². The van der Waals surface area contributed by atoms with E-state index in [1.165, 1.54) is 0 Å². The summed E-state index contributed by atoms with van der Waals surface area (Å²) < 4.78 is 28.2. The number of anilines is 1. The molecule has 0 radical (unpaired) electrons. The lowest BCUT2D eigenvalue weighted by Gasteiger charge is -2.17. The van der Waals surface area contributed by atoms with Crippen LogP contribution in [0.15, 0.2) is 41.3 Å². The molecular weight excluding hydrogens is 334 g/mol. The lowest BCUT2D eigenvalue weighted by Crippen LogP contribution is -2.25. The predicted octanol–water partition coefficient (Wildman–Crippen LogP) is 3.09. The van der Waals surface area contributed by atoms with Crippen molar-refractivity contribution in [3.05, 3.63) is 36.4 Å².